The molecule has 1 rings (SSSR count). The molecule has 0 aliphatic heterocycles. The number of amides is 6. The van der Waals surface area contributed by atoms with E-state index in [2.05, 4.69) is 36.9 Å². The summed E-state index contributed by atoms with van der Waals surface area (Å²) < 4.78 is 0. The molecule has 0 fully saturated rings. The van der Waals surface area contributed by atoms with E-state index in [-0.39, 0.29) is 56.4 Å². The number of rotatable bonds is 23. The van der Waals surface area contributed by atoms with Crippen LogP contribution in [-0.4, -0.2) is 106 Å². The molecule has 18 heteroatoms. The summed E-state index contributed by atoms with van der Waals surface area (Å²) >= 11 is 0. The zero-order valence-corrected chi connectivity index (χ0v) is 32.2. The van der Waals surface area contributed by atoms with Gasteiger partial charge in [-0.25, -0.2) is 4.79 Å². The summed E-state index contributed by atoms with van der Waals surface area (Å²) in [4.78, 5) is 94.2. The minimum absolute atomic E-state index is 0.0162. The summed E-state index contributed by atoms with van der Waals surface area (Å²) in [5.41, 5.74) is 11.3. The highest BCUT2D eigenvalue weighted by Gasteiger charge is 2.34. The molecule has 0 spiro atoms. The van der Waals surface area contributed by atoms with Crippen LogP contribution in [0.25, 0.3) is 0 Å². The molecule has 0 saturated carbocycles. The number of guanidine groups is 1. The minimum Gasteiger partial charge on any atom is -0.480 e. The van der Waals surface area contributed by atoms with Crippen LogP contribution in [0.1, 0.15) is 79.7 Å². The number of nitrogens with one attached hydrogen (secondary N) is 6. The summed E-state index contributed by atoms with van der Waals surface area (Å²) in [7, 11) is 0. The highest BCUT2D eigenvalue weighted by atomic mass is 16.4. The van der Waals surface area contributed by atoms with Gasteiger partial charge in [-0.2, -0.15) is 0 Å². The second-order valence-electron chi connectivity index (χ2n) is 14.1. The van der Waals surface area contributed by atoms with Gasteiger partial charge in [0.2, 0.25) is 35.4 Å². The summed E-state index contributed by atoms with van der Waals surface area (Å²) in [5.74, 6) is -5.98. The number of carbonyl (C=O) groups excluding carboxylic acids is 6. The molecule has 7 atom stereocenters. The van der Waals surface area contributed by atoms with Crippen molar-refractivity contribution in [2.75, 3.05) is 6.54 Å². The number of aliphatic carboxylic acids is 1. The Morgan fingerprint density at radius 2 is 1.17 bits per heavy atom. The zero-order chi connectivity index (χ0) is 41.1. The molecule has 0 aliphatic carbocycles. The van der Waals surface area contributed by atoms with E-state index in [9.17, 15) is 43.8 Å². The van der Waals surface area contributed by atoms with Crippen molar-refractivity contribution >= 4 is 47.4 Å². The van der Waals surface area contributed by atoms with Gasteiger partial charge < -0.3 is 53.6 Å². The van der Waals surface area contributed by atoms with Crippen LogP contribution in [-0.2, 0) is 40.0 Å². The van der Waals surface area contributed by atoms with Crippen molar-refractivity contribution in [3.05, 3.63) is 35.9 Å². The number of hydrogen-bond donors (Lipinski definition) is 10. The average molecular weight is 762 g/mol. The molecule has 0 heterocycles. The van der Waals surface area contributed by atoms with E-state index in [0.29, 0.717) is 0 Å². The Morgan fingerprint density at radius 1 is 0.667 bits per heavy atom. The predicted octanol–water partition coefficient (Wildman–Crippen LogP) is -1.21. The number of carboxylic acids is 1. The van der Waals surface area contributed by atoms with Crippen molar-refractivity contribution < 1.29 is 43.8 Å². The Labute approximate surface area is 316 Å². The molecule has 1 aromatic rings. The summed E-state index contributed by atoms with van der Waals surface area (Å²) in [6.45, 7) is 11.3. The number of carboxylic acid groups (broad SMARTS) is 1. The SMILES string of the molecule is CC(=O)N[C@@H](Cc1ccccc1)C(=O)N[C@@H](CC(C)C)C(=O)N[C@H](C(=O)N[C@@H](CC(C)C)C(=O)N[C@@H](C)C(=O)N[C@@H](CCCN=C(N)N)C(=O)O)[C@@H](C)O. The van der Waals surface area contributed by atoms with Crippen molar-refractivity contribution in [2.45, 2.75) is 123 Å². The number of benzene rings is 1. The molecular weight excluding hydrogens is 702 g/mol. The van der Waals surface area contributed by atoms with Crippen LogP contribution < -0.4 is 43.4 Å². The number of aliphatic hydroxyl groups is 1. The van der Waals surface area contributed by atoms with Gasteiger partial charge in [-0.1, -0.05) is 58.0 Å². The van der Waals surface area contributed by atoms with Crippen LogP contribution in [0, 0.1) is 11.8 Å². The molecule has 0 radical (unpaired) electrons. The molecule has 0 aromatic heterocycles. The van der Waals surface area contributed by atoms with E-state index in [4.69, 9.17) is 11.5 Å². The smallest absolute Gasteiger partial charge is 0.326 e. The molecule has 12 N–H and O–H groups in total. The molecule has 0 unspecified atom stereocenters. The van der Waals surface area contributed by atoms with Crippen LogP contribution in [0.4, 0.5) is 0 Å². The van der Waals surface area contributed by atoms with Gasteiger partial charge in [0.15, 0.2) is 5.96 Å². The van der Waals surface area contributed by atoms with Crippen molar-refractivity contribution in [3.63, 3.8) is 0 Å². The number of hydrogen-bond acceptors (Lipinski definition) is 9. The fraction of sp³-hybridized carbons (Fsp3) is 0.611. The summed E-state index contributed by atoms with van der Waals surface area (Å²) in [6, 6.07) is 1.56. The highest BCUT2D eigenvalue weighted by Crippen LogP contribution is 2.11. The van der Waals surface area contributed by atoms with Crippen LogP contribution >= 0.6 is 0 Å². The molecule has 0 bridgehead atoms. The van der Waals surface area contributed by atoms with Gasteiger partial charge in [-0.15, -0.1) is 0 Å². The van der Waals surface area contributed by atoms with Gasteiger partial charge in [0.1, 0.15) is 36.3 Å². The Hall–Kier alpha value is -5.26. The Bertz CT molecular complexity index is 1450. The van der Waals surface area contributed by atoms with Gasteiger partial charge in [-0.05, 0) is 56.9 Å². The minimum atomic E-state index is -1.56. The third kappa shape index (κ3) is 18.0. The maximum atomic E-state index is 13.6. The third-order valence-corrected chi connectivity index (χ3v) is 8.03. The summed E-state index contributed by atoms with van der Waals surface area (Å²) in [5, 5.41) is 35.3. The number of nitrogens with zero attached hydrogens (tertiary/aromatic N) is 1. The van der Waals surface area contributed by atoms with Crippen molar-refractivity contribution in [1.29, 1.82) is 0 Å². The lowest BCUT2D eigenvalue weighted by Crippen LogP contribution is -2.61. The Morgan fingerprint density at radius 3 is 1.65 bits per heavy atom. The lowest BCUT2D eigenvalue weighted by Gasteiger charge is -2.29. The number of aliphatic hydroxyl groups excluding tert-OH is 1. The van der Waals surface area contributed by atoms with E-state index in [1.54, 1.807) is 38.1 Å². The van der Waals surface area contributed by atoms with Gasteiger partial charge in [0.25, 0.3) is 0 Å². The predicted molar refractivity (Wildman–Crippen MR) is 201 cm³/mol. The normalized spacial score (nSPS) is 14.9. The van der Waals surface area contributed by atoms with E-state index in [1.807, 2.05) is 19.9 Å². The number of nitrogens with two attached hydrogens (primary N) is 2. The monoisotopic (exact) mass is 761 g/mol. The van der Waals surface area contributed by atoms with Crippen LogP contribution in [0.15, 0.2) is 35.3 Å². The van der Waals surface area contributed by atoms with E-state index in [0.717, 1.165) is 5.56 Å². The Kier molecular flexibility index (Phi) is 20.3. The van der Waals surface area contributed by atoms with Gasteiger partial charge >= 0.3 is 5.97 Å². The largest absolute Gasteiger partial charge is 0.480 e. The first-order chi connectivity index (χ1) is 25.2. The second-order valence-corrected chi connectivity index (χ2v) is 14.1. The first-order valence-corrected chi connectivity index (χ1v) is 18.0. The molecule has 18 nitrogen and oxygen atoms in total. The third-order valence-electron chi connectivity index (χ3n) is 8.03. The fourth-order valence-electron chi connectivity index (χ4n) is 5.34. The first-order valence-electron chi connectivity index (χ1n) is 18.0. The van der Waals surface area contributed by atoms with Gasteiger partial charge in [0, 0.05) is 19.9 Å². The average Bonchev–Trinajstić information content (AvgIpc) is 3.06. The fourth-order valence-corrected chi connectivity index (χ4v) is 5.34. The number of carbonyl (C=O) groups is 7. The van der Waals surface area contributed by atoms with Crippen LogP contribution in [0.5, 0.6) is 0 Å². The molecule has 302 valence electrons. The molecule has 1 aromatic carbocycles. The second kappa shape index (κ2) is 23.4. The molecule has 54 heavy (non-hydrogen) atoms. The molecule has 6 amide bonds. The maximum absolute atomic E-state index is 13.6. The van der Waals surface area contributed by atoms with Gasteiger partial charge in [0.05, 0.1) is 6.10 Å². The van der Waals surface area contributed by atoms with Gasteiger partial charge in [-0.3, -0.25) is 33.8 Å². The molecule has 0 saturated heterocycles. The van der Waals surface area contributed by atoms with E-state index >= 15 is 0 Å². The summed E-state index contributed by atoms with van der Waals surface area (Å²) in [6.07, 6.45) is -0.755. The first kappa shape index (κ1) is 46.8. The van der Waals surface area contributed by atoms with Crippen molar-refractivity contribution in [2.24, 2.45) is 28.3 Å². The standard InChI is InChI=1S/C36H59N9O9/c1-19(2)16-26(31(49)40-21(5)30(48)42-25(35(53)54)14-11-15-39-36(37)38)44-34(52)29(22(6)46)45-33(51)27(17-20(3)4)43-32(50)28(41-23(7)47)18-24-12-9-8-10-13-24/h8-10,12-13,19-22,25-29,46H,11,14-18H2,1-7H3,(H,40,49)(H,41,47)(H,42,48)(H,43,50)(H,44,52)(H,45,51)(H,53,54)(H4,37,38,39)/t21-,22+,25-,26-,27-,28-,29-/m0/s1. The lowest BCUT2D eigenvalue weighted by atomic mass is 10.00. The van der Waals surface area contributed by atoms with Crippen LogP contribution in [0.3, 0.4) is 0 Å². The van der Waals surface area contributed by atoms with E-state index < -0.39 is 83.8 Å². The topological polar surface area (TPSA) is 297 Å². The van der Waals surface area contributed by atoms with E-state index in [1.165, 1.54) is 20.8 Å². The molecular formula is C36H59N9O9. The maximum Gasteiger partial charge on any atom is 0.326 e. The lowest BCUT2D eigenvalue weighted by molar-refractivity contribution is -0.142. The van der Waals surface area contributed by atoms with Crippen molar-refractivity contribution in [1.82, 2.24) is 31.9 Å². The highest BCUT2D eigenvalue weighted by molar-refractivity contribution is 5.97. The Balaban J connectivity index is 3.10. The molecule has 0 aliphatic rings. The zero-order valence-electron chi connectivity index (χ0n) is 32.2. The quantitative estimate of drug-likeness (QED) is 0.0359. The van der Waals surface area contributed by atoms with Crippen LogP contribution in [0.2, 0.25) is 0 Å². The number of aliphatic imine (C=N–C) groups is 1. The van der Waals surface area contributed by atoms with Crippen molar-refractivity contribution in [3.8, 4) is 0 Å².